The summed E-state index contributed by atoms with van der Waals surface area (Å²) in [6, 6.07) is 24.1. The van der Waals surface area contributed by atoms with E-state index in [9.17, 15) is 24.0 Å². The van der Waals surface area contributed by atoms with Gasteiger partial charge in [-0.05, 0) is 34.7 Å². The Morgan fingerprint density at radius 2 is 1.39 bits per heavy atom. The Labute approximate surface area is 238 Å². The molecule has 0 radical (unpaired) electrons. The highest BCUT2D eigenvalue weighted by atomic mass is 16.6. The van der Waals surface area contributed by atoms with E-state index in [0.717, 1.165) is 11.1 Å². The van der Waals surface area contributed by atoms with Gasteiger partial charge >= 0.3 is 6.09 Å². The second-order valence-electron chi connectivity index (χ2n) is 10.4. The molecular weight excluding hydrogens is 522 g/mol. The van der Waals surface area contributed by atoms with Crippen molar-refractivity contribution in [2.24, 2.45) is 17.8 Å². The SMILES string of the molecule is CC(C)[C@H](NC(=O)CC(NC(=O)Oc1ccc(-c2ccccc2)cc1)c1ccccc1)C(=O)[C@@H]1C(=O)NC(=O)[C@H]1C. The standard InChI is InChI=1S/C32H33N3O6/c1-19(2)28(29(37)27-20(3)30(38)35-31(27)39)34-26(36)18-25(23-12-8-5-9-13-23)33-32(40)41-24-16-14-22(15-17-24)21-10-6-4-7-11-21/h4-17,19-20,25,27-28H,18H2,1-3H3,(H,33,40)(H,34,36)(H,35,38,39)/t20-,25?,27+,28-/m0/s1. The van der Waals surface area contributed by atoms with Gasteiger partial charge in [0.15, 0.2) is 5.78 Å². The van der Waals surface area contributed by atoms with E-state index >= 15 is 0 Å². The molecule has 1 aliphatic heterocycles. The molecular formula is C32H33N3O6. The lowest BCUT2D eigenvalue weighted by atomic mass is 9.85. The molecule has 9 nitrogen and oxygen atoms in total. The van der Waals surface area contributed by atoms with Gasteiger partial charge < -0.3 is 15.4 Å². The summed E-state index contributed by atoms with van der Waals surface area (Å²) in [4.78, 5) is 63.4. The van der Waals surface area contributed by atoms with Crippen molar-refractivity contribution in [3.05, 3.63) is 90.5 Å². The topological polar surface area (TPSA) is 131 Å². The zero-order valence-corrected chi connectivity index (χ0v) is 23.1. The second kappa shape index (κ2) is 13.0. The Kier molecular flexibility index (Phi) is 9.29. The van der Waals surface area contributed by atoms with Crippen molar-refractivity contribution in [2.45, 2.75) is 39.3 Å². The van der Waals surface area contributed by atoms with Crippen molar-refractivity contribution in [3.8, 4) is 16.9 Å². The number of hydrogen-bond acceptors (Lipinski definition) is 6. The number of carbonyl (C=O) groups excluding carboxylic acids is 5. The van der Waals surface area contributed by atoms with Crippen LogP contribution in [0.5, 0.6) is 5.75 Å². The van der Waals surface area contributed by atoms with Crippen molar-refractivity contribution in [1.29, 1.82) is 0 Å². The maximum Gasteiger partial charge on any atom is 0.413 e. The summed E-state index contributed by atoms with van der Waals surface area (Å²) >= 11 is 0. The summed E-state index contributed by atoms with van der Waals surface area (Å²) in [5, 5.41) is 7.65. The first-order valence-electron chi connectivity index (χ1n) is 13.5. The molecule has 9 heteroatoms. The lowest BCUT2D eigenvalue weighted by Crippen LogP contribution is -2.49. The Hall–Kier alpha value is -4.79. The predicted octanol–water partition coefficient (Wildman–Crippen LogP) is 4.19. The van der Waals surface area contributed by atoms with E-state index in [1.54, 1.807) is 50.2 Å². The van der Waals surface area contributed by atoms with Gasteiger partial charge in [-0.15, -0.1) is 0 Å². The average Bonchev–Trinajstić information content (AvgIpc) is 3.22. The second-order valence-corrected chi connectivity index (χ2v) is 10.4. The molecule has 0 spiro atoms. The largest absolute Gasteiger partial charge is 0.413 e. The maximum absolute atomic E-state index is 13.2. The molecule has 4 atom stereocenters. The highest BCUT2D eigenvalue weighted by Crippen LogP contribution is 2.25. The van der Waals surface area contributed by atoms with Crippen LogP contribution in [-0.4, -0.2) is 35.6 Å². The molecule has 0 aliphatic carbocycles. The maximum atomic E-state index is 13.2. The summed E-state index contributed by atoms with van der Waals surface area (Å²) in [7, 11) is 0. The van der Waals surface area contributed by atoms with Crippen molar-refractivity contribution in [3.63, 3.8) is 0 Å². The first kappa shape index (κ1) is 29.2. The number of ether oxygens (including phenoxy) is 1. The fourth-order valence-corrected chi connectivity index (χ4v) is 4.81. The third kappa shape index (κ3) is 7.25. The van der Waals surface area contributed by atoms with Crippen LogP contribution < -0.4 is 20.7 Å². The number of benzene rings is 3. The average molecular weight is 556 g/mol. The minimum absolute atomic E-state index is 0.187. The molecule has 3 aromatic rings. The van der Waals surface area contributed by atoms with E-state index in [0.29, 0.717) is 11.3 Å². The summed E-state index contributed by atoms with van der Waals surface area (Å²) in [5.41, 5.74) is 2.67. The zero-order valence-electron chi connectivity index (χ0n) is 23.1. The molecule has 1 fully saturated rings. The van der Waals surface area contributed by atoms with Gasteiger partial charge in [-0.2, -0.15) is 0 Å². The number of carbonyl (C=O) groups is 5. The summed E-state index contributed by atoms with van der Waals surface area (Å²) in [6.45, 7) is 5.00. The number of hydrogen-bond donors (Lipinski definition) is 3. The molecule has 212 valence electrons. The zero-order chi connectivity index (χ0) is 29.5. The Bertz CT molecular complexity index is 1410. The molecule has 3 N–H and O–H groups in total. The highest BCUT2D eigenvalue weighted by molar-refractivity contribution is 6.16. The lowest BCUT2D eigenvalue weighted by Gasteiger charge is -2.26. The molecule has 1 aliphatic rings. The third-order valence-corrected chi connectivity index (χ3v) is 7.09. The highest BCUT2D eigenvalue weighted by Gasteiger charge is 2.46. The minimum Gasteiger partial charge on any atom is -0.410 e. The van der Waals surface area contributed by atoms with Crippen LogP contribution in [0.1, 0.15) is 38.8 Å². The van der Waals surface area contributed by atoms with Gasteiger partial charge in [0.25, 0.3) is 0 Å². The van der Waals surface area contributed by atoms with E-state index in [1.165, 1.54) is 6.92 Å². The van der Waals surface area contributed by atoms with Crippen LogP contribution in [0.2, 0.25) is 0 Å². The lowest BCUT2D eigenvalue weighted by molar-refractivity contribution is -0.137. The van der Waals surface area contributed by atoms with E-state index in [-0.39, 0.29) is 12.3 Å². The van der Waals surface area contributed by atoms with Gasteiger partial charge in [0.2, 0.25) is 17.7 Å². The Morgan fingerprint density at radius 3 is 1.95 bits per heavy atom. The number of rotatable bonds is 10. The van der Waals surface area contributed by atoms with Gasteiger partial charge in [-0.25, -0.2) is 4.79 Å². The van der Waals surface area contributed by atoms with E-state index in [4.69, 9.17) is 4.74 Å². The molecule has 0 bridgehead atoms. The molecule has 4 amide bonds. The molecule has 41 heavy (non-hydrogen) atoms. The van der Waals surface area contributed by atoms with E-state index in [2.05, 4.69) is 16.0 Å². The van der Waals surface area contributed by atoms with Crippen molar-refractivity contribution >= 4 is 29.6 Å². The fraction of sp³-hybridized carbons (Fsp3) is 0.281. The van der Waals surface area contributed by atoms with Crippen LogP contribution in [0.3, 0.4) is 0 Å². The Morgan fingerprint density at radius 1 is 0.805 bits per heavy atom. The molecule has 1 unspecified atom stereocenters. The van der Waals surface area contributed by atoms with Crippen LogP contribution in [-0.2, 0) is 19.2 Å². The monoisotopic (exact) mass is 555 g/mol. The van der Waals surface area contributed by atoms with Crippen LogP contribution >= 0.6 is 0 Å². The summed E-state index contributed by atoms with van der Waals surface area (Å²) in [5.74, 6) is -4.18. The van der Waals surface area contributed by atoms with Crippen LogP contribution in [0.15, 0.2) is 84.9 Å². The molecule has 0 aromatic heterocycles. The number of imide groups is 1. The van der Waals surface area contributed by atoms with Gasteiger partial charge in [-0.3, -0.25) is 24.5 Å². The predicted molar refractivity (Wildman–Crippen MR) is 152 cm³/mol. The third-order valence-electron chi connectivity index (χ3n) is 7.09. The molecule has 4 rings (SSSR count). The van der Waals surface area contributed by atoms with Crippen molar-refractivity contribution in [1.82, 2.24) is 16.0 Å². The fourth-order valence-electron chi connectivity index (χ4n) is 4.81. The van der Waals surface area contributed by atoms with E-state index < -0.39 is 53.5 Å². The smallest absolute Gasteiger partial charge is 0.410 e. The van der Waals surface area contributed by atoms with Gasteiger partial charge in [0.05, 0.1) is 24.4 Å². The van der Waals surface area contributed by atoms with Crippen LogP contribution in [0.25, 0.3) is 11.1 Å². The number of ketones is 1. The normalized spacial score (nSPS) is 17.9. The van der Waals surface area contributed by atoms with Crippen molar-refractivity contribution < 1.29 is 28.7 Å². The molecule has 1 saturated heterocycles. The van der Waals surface area contributed by atoms with Gasteiger partial charge in [-0.1, -0.05) is 93.6 Å². The number of amides is 4. The van der Waals surface area contributed by atoms with Gasteiger partial charge in [0, 0.05) is 0 Å². The van der Waals surface area contributed by atoms with Crippen molar-refractivity contribution in [2.75, 3.05) is 0 Å². The van der Waals surface area contributed by atoms with Crippen LogP contribution in [0.4, 0.5) is 4.79 Å². The van der Waals surface area contributed by atoms with Gasteiger partial charge in [0.1, 0.15) is 11.7 Å². The first-order chi connectivity index (χ1) is 19.6. The molecule has 3 aromatic carbocycles. The minimum atomic E-state index is -1.17. The number of nitrogens with one attached hydrogen (secondary N) is 3. The summed E-state index contributed by atoms with van der Waals surface area (Å²) in [6.07, 6.45) is -0.931. The van der Waals surface area contributed by atoms with Crippen LogP contribution in [0, 0.1) is 17.8 Å². The molecule has 0 saturated carbocycles. The summed E-state index contributed by atoms with van der Waals surface area (Å²) < 4.78 is 5.49. The molecule has 1 heterocycles. The number of Topliss-reactive ketones (excluding diaryl/α,β-unsaturated/α-hetero) is 1. The van der Waals surface area contributed by atoms with E-state index in [1.807, 2.05) is 48.5 Å². The first-order valence-corrected chi connectivity index (χ1v) is 13.5. The quantitative estimate of drug-likeness (QED) is 0.254. The Balaban J connectivity index is 1.43.